The summed E-state index contributed by atoms with van der Waals surface area (Å²) in [6.45, 7) is 1.91. The van der Waals surface area contributed by atoms with E-state index >= 15 is 0 Å². The zero-order valence-electron chi connectivity index (χ0n) is 14.6. The van der Waals surface area contributed by atoms with Crippen LogP contribution in [0.25, 0.3) is 0 Å². The second-order valence-corrected chi connectivity index (χ2v) is 7.09. The summed E-state index contributed by atoms with van der Waals surface area (Å²) in [6, 6.07) is -1.15. The maximum Gasteiger partial charge on any atom is 0.495 e. The van der Waals surface area contributed by atoms with Crippen molar-refractivity contribution in [1.29, 1.82) is 0 Å². The van der Waals surface area contributed by atoms with Crippen LogP contribution in [0.5, 0.6) is 0 Å². The summed E-state index contributed by atoms with van der Waals surface area (Å²) in [5.74, 6) is -4.71. The van der Waals surface area contributed by atoms with Gasteiger partial charge in [0.1, 0.15) is 6.04 Å². The molecule has 27 heavy (non-hydrogen) atoms. The molecule has 0 aromatic rings. The minimum absolute atomic E-state index is 0.164. The van der Waals surface area contributed by atoms with Gasteiger partial charge in [-0.05, 0) is 32.2 Å². The van der Waals surface area contributed by atoms with Gasteiger partial charge < -0.3 is 10.6 Å². The number of amides is 1. The molecule has 0 aliphatic carbocycles. The quantitative estimate of drug-likeness (QED) is 0.488. The van der Waals surface area contributed by atoms with Crippen molar-refractivity contribution in [2.75, 3.05) is 18.8 Å². The molecule has 0 bridgehead atoms. The van der Waals surface area contributed by atoms with E-state index in [4.69, 9.17) is 5.73 Å². The minimum Gasteiger partial charge on any atom is -0.330 e. The van der Waals surface area contributed by atoms with E-state index in [1.165, 1.54) is 11.8 Å². The predicted molar refractivity (Wildman–Crippen MR) is 87.9 cm³/mol. The van der Waals surface area contributed by atoms with Gasteiger partial charge in [0.15, 0.2) is 5.12 Å². The molecule has 8 nitrogen and oxygen atoms in total. The van der Waals surface area contributed by atoms with E-state index in [0.29, 0.717) is 25.8 Å². The smallest absolute Gasteiger partial charge is 0.330 e. The molecule has 0 aromatic heterocycles. The Morgan fingerprint density at radius 2 is 1.93 bits per heavy atom. The van der Waals surface area contributed by atoms with Crippen molar-refractivity contribution in [1.82, 2.24) is 4.90 Å². The molecule has 12 heteroatoms. The lowest BCUT2D eigenvalue weighted by Gasteiger charge is -2.27. The zero-order chi connectivity index (χ0) is 20.6. The maximum atomic E-state index is 12.7. The third-order valence-electron chi connectivity index (χ3n) is 3.83. The van der Waals surface area contributed by atoms with E-state index in [2.05, 4.69) is 9.78 Å². The van der Waals surface area contributed by atoms with Crippen molar-refractivity contribution in [2.45, 2.75) is 44.8 Å². The standard InChI is InChI=1S/C15H21F3N2O6S/c1-9(21)27-8-10(4-2-6-19)12(22)20-7-3-5-11(20)13(23)25-26-14(24)15(16,17)18/h10-11H,2-8,19H2,1H3/t10?,11-/m0/s1. The van der Waals surface area contributed by atoms with Crippen LogP contribution in [0, 0.1) is 5.92 Å². The summed E-state index contributed by atoms with van der Waals surface area (Å²) in [5.41, 5.74) is 5.45. The molecule has 2 atom stereocenters. The highest BCUT2D eigenvalue weighted by Crippen LogP contribution is 2.25. The highest BCUT2D eigenvalue weighted by atomic mass is 32.2. The number of carbonyl (C=O) groups excluding carboxylic acids is 4. The van der Waals surface area contributed by atoms with Gasteiger partial charge in [-0.2, -0.15) is 13.2 Å². The van der Waals surface area contributed by atoms with Gasteiger partial charge in [0.2, 0.25) is 5.91 Å². The summed E-state index contributed by atoms with van der Waals surface area (Å²) in [5, 5.41) is -0.169. The molecule has 1 heterocycles. The van der Waals surface area contributed by atoms with E-state index < -0.39 is 36.0 Å². The molecular weight excluding hydrogens is 393 g/mol. The minimum atomic E-state index is -5.30. The molecule has 1 aliphatic heterocycles. The molecule has 1 aliphatic rings. The third-order valence-corrected chi connectivity index (χ3v) is 4.81. The van der Waals surface area contributed by atoms with Gasteiger partial charge in [-0.3, -0.25) is 9.59 Å². The normalized spacial score (nSPS) is 18.1. The first-order chi connectivity index (χ1) is 12.6. The number of hydrogen-bond acceptors (Lipinski definition) is 8. The van der Waals surface area contributed by atoms with E-state index in [-0.39, 0.29) is 23.8 Å². The Hall–Kier alpha value is -1.82. The van der Waals surface area contributed by atoms with Crippen molar-refractivity contribution in [2.24, 2.45) is 11.7 Å². The topological polar surface area (TPSA) is 116 Å². The Balaban J connectivity index is 2.73. The van der Waals surface area contributed by atoms with Crippen LogP contribution in [-0.2, 0) is 29.0 Å². The average molecular weight is 414 g/mol. The molecule has 154 valence electrons. The van der Waals surface area contributed by atoms with Crippen LogP contribution in [0.2, 0.25) is 0 Å². The molecule has 0 aromatic carbocycles. The van der Waals surface area contributed by atoms with E-state index in [9.17, 15) is 32.3 Å². The summed E-state index contributed by atoms with van der Waals surface area (Å²) < 4.78 is 36.3. The Morgan fingerprint density at radius 3 is 2.48 bits per heavy atom. The highest BCUT2D eigenvalue weighted by Gasteiger charge is 2.44. The Kier molecular flexibility index (Phi) is 9.03. The Morgan fingerprint density at radius 1 is 1.26 bits per heavy atom. The fourth-order valence-corrected chi connectivity index (χ4v) is 3.30. The average Bonchev–Trinajstić information content (AvgIpc) is 3.07. The third kappa shape index (κ3) is 7.37. The first-order valence-corrected chi connectivity index (χ1v) is 9.20. The number of alkyl halides is 3. The van der Waals surface area contributed by atoms with Gasteiger partial charge >= 0.3 is 18.1 Å². The van der Waals surface area contributed by atoms with Crippen LogP contribution in [-0.4, -0.2) is 58.9 Å². The lowest BCUT2D eigenvalue weighted by molar-refractivity contribution is -0.287. The van der Waals surface area contributed by atoms with Crippen molar-refractivity contribution in [3.8, 4) is 0 Å². The van der Waals surface area contributed by atoms with Gasteiger partial charge in [-0.25, -0.2) is 19.4 Å². The number of rotatable bonds is 7. The van der Waals surface area contributed by atoms with E-state index in [0.717, 1.165) is 11.8 Å². The summed E-state index contributed by atoms with van der Waals surface area (Å²) in [4.78, 5) is 55.1. The van der Waals surface area contributed by atoms with Gasteiger partial charge in [-0.15, -0.1) is 0 Å². The van der Waals surface area contributed by atoms with Crippen molar-refractivity contribution in [3.05, 3.63) is 0 Å². The van der Waals surface area contributed by atoms with Crippen molar-refractivity contribution in [3.63, 3.8) is 0 Å². The van der Waals surface area contributed by atoms with Gasteiger partial charge in [0.05, 0.1) is 0 Å². The van der Waals surface area contributed by atoms with E-state index in [1.807, 2.05) is 0 Å². The van der Waals surface area contributed by atoms with Crippen LogP contribution in [0.3, 0.4) is 0 Å². The number of nitrogens with two attached hydrogens (primary N) is 1. The van der Waals surface area contributed by atoms with Crippen molar-refractivity contribution >= 4 is 34.7 Å². The zero-order valence-corrected chi connectivity index (χ0v) is 15.4. The molecule has 1 unspecified atom stereocenters. The van der Waals surface area contributed by atoms with Crippen LogP contribution in [0.1, 0.15) is 32.6 Å². The van der Waals surface area contributed by atoms with E-state index in [1.54, 1.807) is 0 Å². The Labute approximate surface area is 157 Å². The monoisotopic (exact) mass is 414 g/mol. The summed E-state index contributed by atoms with van der Waals surface area (Å²) in [6.07, 6.45) is -3.78. The molecule has 2 N–H and O–H groups in total. The lowest BCUT2D eigenvalue weighted by atomic mass is 10.0. The maximum absolute atomic E-state index is 12.7. The SMILES string of the molecule is CC(=O)SCC(CCCN)C(=O)N1CCC[C@H]1C(=O)OOC(=O)C(F)(F)F. The number of likely N-dealkylation sites (tertiary alicyclic amines) is 1. The number of thioether (sulfide) groups is 1. The summed E-state index contributed by atoms with van der Waals surface area (Å²) >= 11 is 0.966. The molecule has 1 saturated heterocycles. The first-order valence-electron chi connectivity index (χ1n) is 8.21. The molecule has 1 rings (SSSR count). The van der Waals surface area contributed by atoms with Gasteiger partial charge in [-0.1, -0.05) is 11.8 Å². The van der Waals surface area contributed by atoms with Crippen LogP contribution < -0.4 is 5.73 Å². The second kappa shape index (κ2) is 10.5. The molecule has 0 radical (unpaired) electrons. The Bertz CT molecular complexity index is 572. The molecule has 1 amide bonds. The number of nitrogens with zero attached hydrogens (tertiary/aromatic N) is 1. The molecular formula is C15H21F3N2O6S. The van der Waals surface area contributed by atoms with Crippen LogP contribution in [0.15, 0.2) is 0 Å². The van der Waals surface area contributed by atoms with Crippen LogP contribution in [0.4, 0.5) is 13.2 Å². The molecule has 0 saturated carbocycles. The van der Waals surface area contributed by atoms with Crippen LogP contribution >= 0.6 is 11.8 Å². The number of halogens is 3. The molecule has 1 fully saturated rings. The largest absolute Gasteiger partial charge is 0.495 e. The van der Waals surface area contributed by atoms with Gasteiger partial charge in [0, 0.05) is 25.1 Å². The highest BCUT2D eigenvalue weighted by molar-refractivity contribution is 8.13. The first kappa shape index (κ1) is 23.2. The van der Waals surface area contributed by atoms with Crippen molar-refractivity contribution < 1.29 is 42.1 Å². The molecule has 0 spiro atoms. The fraction of sp³-hybridized carbons (Fsp3) is 0.733. The lowest BCUT2D eigenvalue weighted by Crippen LogP contribution is -2.45. The predicted octanol–water partition coefficient (Wildman–Crippen LogP) is 1.18. The fourth-order valence-electron chi connectivity index (χ4n) is 2.55. The second-order valence-electron chi connectivity index (χ2n) is 5.89. The summed E-state index contributed by atoms with van der Waals surface area (Å²) in [7, 11) is 0. The van der Waals surface area contributed by atoms with Gasteiger partial charge in [0.25, 0.3) is 0 Å². The number of carbonyl (C=O) groups is 4. The number of hydrogen-bond donors (Lipinski definition) is 1.